The minimum atomic E-state index is -0.772. The number of hydrogen-bond donors (Lipinski definition) is 1. The van der Waals surface area contributed by atoms with Crippen molar-refractivity contribution in [3.05, 3.63) is 143 Å². The molecule has 9 heteroatoms. The molecule has 4 atom stereocenters. The first-order valence-corrected chi connectivity index (χ1v) is 17.3. The summed E-state index contributed by atoms with van der Waals surface area (Å²) in [6.45, 7) is 1.92. The van der Waals surface area contributed by atoms with Crippen LogP contribution in [0.3, 0.4) is 0 Å². The lowest BCUT2D eigenvalue weighted by molar-refractivity contribution is -0.123. The monoisotopic (exact) mass is 688 g/mol. The second-order valence-corrected chi connectivity index (χ2v) is 13.8. The number of para-hydroxylation sites is 2. The zero-order valence-corrected chi connectivity index (χ0v) is 28.1. The second kappa shape index (κ2) is 12.2. The molecule has 4 aliphatic rings. The quantitative estimate of drug-likeness (QED) is 0.111. The van der Waals surface area contributed by atoms with Gasteiger partial charge in [0.2, 0.25) is 17.7 Å². The Balaban J connectivity index is 1.05. The topological polar surface area (TPSA) is 127 Å². The van der Waals surface area contributed by atoms with Gasteiger partial charge in [-0.25, -0.2) is 4.98 Å². The van der Waals surface area contributed by atoms with Gasteiger partial charge >= 0.3 is 0 Å². The molecule has 9 rings (SSSR count). The van der Waals surface area contributed by atoms with Gasteiger partial charge in [-0.1, -0.05) is 60.2 Å². The Morgan fingerprint density at radius 2 is 1.65 bits per heavy atom. The van der Waals surface area contributed by atoms with Crippen molar-refractivity contribution >= 4 is 40.2 Å². The highest BCUT2D eigenvalue weighted by atomic mass is 16.5. The van der Waals surface area contributed by atoms with E-state index in [1.807, 2.05) is 60.7 Å². The molecule has 1 aliphatic heterocycles. The number of benzene rings is 4. The van der Waals surface area contributed by atoms with E-state index in [0.717, 1.165) is 16.7 Å². The molecule has 2 amide bonds. The summed E-state index contributed by atoms with van der Waals surface area (Å²) in [5.74, 6) is -3.09. The molecule has 1 fully saturated rings. The fraction of sp³-hybridized carbons (Fsp3) is 0.186. The first kappa shape index (κ1) is 31.6. The van der Waals surface area contributed by atoms with E-state index in [2.05, 4.69) is 4.98 Å². The SMILES string of the molecule is CC1=CC(=O)C2=C(C[C@@H]3C(=CC[C@@H]4C(=O)N(c5ccc(-c6nc7ccccc7o6)cc5)C(=O)[C@@H]43)[C@@H]2c2ccc(OCc3ccccc3)cc2O)C1=O. The van der Waals surface area contributed by atoms with E-state index in [-0.39, 0.29) is 42.0 Å². The Labute approximate surface area is 298 Å². The van der Waals surface area contributed by atoms with E-state index in [0.29, 0.717) is 57.4 Å². The number of carbonyl (C=O) groups excluding carboxylic acids is 4. The van der Waals surface area contributed by atoms with Crippen LogP contribution in [-0.4, -0.2) is 33.5 Å². The van der Waals surface area contributed by atoms with Gasteiger partial charge in [0.05, 0.1) is 17.5 Å². The number of oxazole rings is 1. The van der Waals surface area contributed by atoms with Crippen molar-refractivity contribution in [3.63, 3.8) is 0 Å². The van der Waals surface area contributed by atoms with Crippen LogP contribution in [0.5, 0.6) is 11.5 Å². The van der Waals surface area contributed by atoms with Gasteiger partial charge in [-0.05, 0) is 79.8 Å². The number of nitrogens with zero attached hydrogens (tertiary/aromatic N) is 2. The summed E-state index contributed by atoms with van der Waals surface area (Å²) in [5.41, 5.74) is 5.67. The lowest BCUT2D eigenvalue weighted by atomic mass is 9.59. The first-order valence-electron chi connectivity index (χ1n) is 17.3. The predicted octanol–water partition coefficient (Wildman–Crippen LogP) is 7.41. The molecule has 5 aromatic rings. The van der Waals surface area contributed by atoms with Crippen LogP contribution in [0.15, 0.2) is 136 Å². The number of aromatic nitrogens is 1. The number of hydrogen-bond acceptors (Lipinski definition) is 8. The highest BCUT2D eigenvalue weighted by Crippen LogP contribution is 2.56. The zero-order valence-electron chi connectivity index (χ0n) is 28.1. The number of rotatable bonds is 6. The molecule has 0 spiro atoms. The number of carbonyl (C=O) groups is 4. The molecular weight excluding hydrogens is 656 g/mol. The third-order valence-electron chi connectivity index (χ3n) is 10.8. The van der Waals surface area contributed by atoms with Gasteiger partial charge in [0.15, 0.2) is 17.1 Å². The Kier molecular flexibility index (Phi) is 7.39. The molecule has 256 valence electrons. The molecule has 1 aromatic heterocycles. The molecule has 0 saturated carbocycles. The molecule has 3 aliphatic carbocycles. The molecular formula is C43H32N2O7. The largest absolute Gasteiger partial charge is 0.507 e. The van der Waals surface area contributed by atoms with Crippen molar-refractivity contribution in [2.45, 2.75) is 32.3 Å². The summed E-state index contributed by atoms with van der Waals surface area (Å²) in [7, 11) is 0. The maximum atomic E-state index is 14.4. The minimum Gasteiger partial charge on any atom is -0.507 e. The molecule has 0 unspecified atom stereocenters. The molecule has 2 heterocycles. The molecule has 0 radical (unpaired) electrons. The molecule has 9 nitrogen and oxygen atoms in total. The number of ether oxygens (including phenoxy) is 1. The molecule has 4 aromatic carbocycles. The Hall–Kier alpha value is -6.35. The van der Waals surface area contributed by atoms with E-state index in [1.165, 1.54) is 17.0 Å². The second-order valence-electron chi connectivity index (χ2n) is 13.8. The minimum absolute atomic E-state index is 0.0907. The third kappa shape index (κ3) is 5.03. The van der Waals surface area contributed by atoms with Crippen LogP contribution in [0.25, 0.3) is 22.6 Å². The average Bonchev–Trinajstić information content (AvgIpc) is 3.71. The van der Waals surface area contributed by atoms with E-state index < -0.39 is 23.7 Å². The summed E-state index contributed by atoms with van der Waals surface area (Å²) in [6.07, 6.45) is 3.73. The summed E-state index contributed by atoms with van der Waals surface area (Å²) in [6, 6.07) is 29.1. The van der Waals surface area contributed by atoms with Gasteiger partial charge in [0.1, 0.15) is 23.6 Å². The molecule has 1 N–H and O–H groups in total. The number of fused-ring (bicyclic) bond motifs is 4. The number of amides is 2. The van der Waals surface area contributed by atoms with Crippen LogP contribution in [0.4, 0.5) is 5.69 Å². The fourth-order valence-corrected chi connectivity index (χ4v) is 8.34. The van der Waals surface area contributed by atoms with Gasteiger partial charge in [-0.2, -0.15) is 0 Å². The van der Waals surface area contributed by atoms with Crippen molar-refractivity contribution in [3.8, 4) is 23.0 Å². The van der Waals surface area contributed by atoms with Gasteiger partial charge in [0.25, 0.3) is 0 Å². The van der Waals surface area contributed by atoms with E-state index in [4.69, 9.17) is 9.15 Å². The van der Waals surface area contributed by atoms with Crippen molar-refractivity contribution in [2.75, 3.05) is 4.90 Å². The van der Waals surface area contributed by atoms with Gasteiger partial charge in [0, 0.05) is 39.8 Å². The van der Waals surface area contributed by atoms with Gasteiger partial charge in [-0.3, -0.25) is 24.1 Å². The van der Waals surface area contributed by atoms with Crippen LogP contribution in [0, 0.1) is 17.8 Å². The third-order valence-corrected chi connectivity index (χ3v) is 10.8. The lowest BCUT2D eigenvalue weighted by Gasteiger charge is -2.42. The highest BCUT2D eigenvalue weighted by Gasteiger charge is 2.56. The summed E-state index contributed by atoms with van der Waals surface area (Å²) in [5, 5.41) is 11.5. The zero-order chi connectivity index (χ0) is 35.7. The molecule has 52 heavy (non-hydrogen) atoms. The maximum absolute atomic E-state index is 14.4. The fourth-order valence-electron chi connectivity index (χ4n) is 8.34. The lowest BCUT2D eigenvalue weighted by Crippen LogP contribution is -2.39. The summed E-state index contributed by atoms with van der Waals surface area (Å²) >= 11 is 0. The summed E-state index contributed by atoms with van der Waals surface area (Å²) < 4.78 is 11.9. The Bertz CT molecular complexity index is 2400. The normalized spacial score (nSPS) is 22.6. The standard InChI is InChI=1S/C43H32N2O7/c1-23-19-35(47)39-32(40(23)48)21-31-28(37(39)29-16-15-27(20-34(29)46)51-22-24-7-3-2-4-8-24)17-18-30-38(31)43(50)45(42(30)49)26-13-11-25(12-14-26)41-44-33-9-5-6-10-36(33)52-41/h2-17,19-20,30-31,37-38,46H,18,21-22H2,1H3/t30-,31+,37+,38-/m0/s1. The molecule has 0 bridgehead atoms. The average molecular weight is 689 g/mol. The van der Waals surface area contributed by atoms with Crippen molar-refractivity contribution in [1.82, 2.24) is 4.98 Å². The highest BCUT2D eigenvalue weighted by molar-refractivity contribution is 6.25. The number of aromatic hydroxyl groups is 1. The van der Waals surface area contributed by atoms with Crippen LogP contribution >= 0.6 is 0 Å². The van der Waals surface area contributed by atoms with Crippen molar-refractivity contribution in [2.24, 2.45) is 17.8 Å². The number of ketones is 2. The summed E-state index contributed by atoms with van der Waals surface area (Å²) in [4.78, 5) is 61.6. The number of allylic oxidation sites excluding steroid dienone is 6. The Morgan fingerprint density at radius 1 is 0.885 bits per heavy atom. The van der Waals surface area contributed by atoms with E-state index in [1.54, 1.807) is 43.3 Å². The number of Topliss-reactive ketones (excluding diaryl/α,β-unsaturated/α-hetero) is 1. The van der Waals surface area contributed by atoms with E-state index >= 15 is 0 Å². The van der Waals surface area contributed by atoms with Gasteiger partial charge < -0.3 is 14.3 Å². The maximum Gasteiger partial charge on any atom is 0.238 e. The van der Waals surface area contributed by atoms with Crippen molar-refractivity contribution in [1.29, 1.82) is 0 Å². The smallest absolute Gasteiger partial charge is 0.238 e. The van der Waals surface area contributed by atoms with Crippen LogP contribution < -0.4 is 9.64 Å². The van der Waals surface area contributed by atoms with Crippen LogP contribution in [0.1, 0.15) is 36.8 Å². The van der Waals surface area contributed by atoms with Gasteiger partial charge in [-0.15, -0.1) is 0 Å². The Morgan fingerprint density at radius 3 is 2.42 bits per heavy atom. The molecule has 1 saturated heterocycles. The van der Waals surface area contributed by atoms with Crippen LogP contribution in [0.2, 0.25) is 0 Å². The first-order chi connectivity index (χ1) is 25.3. The number of phenolic OH excluding ortho intramolecular Hbond substituents is 1. The van der Waals surface area contributed by atoms with Crippen LogP contribution in [-0.2, 0) is 25.8 Å². The number of phenols is 1. The number of imide groups is 1. The predicted molar refractivity (Wildman–Crippen MR) is 192 cm³/mol. The van der Waals surface area contributed by atoms with Crippen molar-refractivity contribution < 1.29 is 33.4 Å². The number of anilines is 1. The van der Waals surface area contributed by atoms with E-state index in [9.17, 15) is 24.3 Å².